The summed E-state index contributed by atoms with van der Waals surface area (Å²) in [6.07, 6.45) is 0. The Morgan fingerprint density at radius 3 is 2.50 bits per heavy atom. The van der Waals surface area contributed by atoms with Crippen LogP contribution in [0.1, 0.15) is 10.4 Å². The van der Waals surface area contributed by atoms with Crippen LogP contribution >= 0.6 is 49.2 Å². The fourth-order valence-electron chi connectivity index (χ4n) is 0.977. The van der Waals surface area contributed by atoms with Gasteiger partial charge in [0.25, 0.3) is 9.05 Å². The third-order valence-electron chi connectivity index (χ3n) is 1.68. The smallest absolute Gasteiger partial charge is 0.337 e. The highest BCUT2D eigenvalue weighted by Crippen LogP contribution is 2.30. The van der Waals surface area contributed by atoms with Crippen molar-refractivity contribution in [3.8, 4) is 0 Å². The molecule has 0 N–H and O–H groups in total. The van der Waals surface area contributed by atoms with Gasteiger partial charge in [-0.1, -0.05) is 0 Å². The molecular formula is C8H5BrClIO4S. The molecule has 0 spiro atoms. The zero-order chi connectivity index (χ0) is 12.5. The second kappa shape index (κ2) is 5.19. The lowest BCUT2D eigenvalue weighted by Crippen LogP contribution is -2.05. The molecule has 0 aliphatic rings. The van der Waals surface area contributed by atoms with Gasteiger partial charge in [-0.05, 0) is 50.7 Å². The molecule has 0 amide bonds. The topological polar surface area (TPSA) is 60.4 Å². The van der Waals surface area contributed by atoms with Crippen molar-refractivity contribution in [2.45, 2.75) is 4.90 Å². The monoisotopic (exact) mass is 438 g/mol. The second-order valence-corrected chi connectivity index (χ2v) is 7.17. The summed E-state index contributed by atoms with van der Waals surface area (Å²) in [6.45, 7) is 0. The van der Waals surface area contributed by atoms with Gasteiger partial charge in [0.1, 0.15) is 0 Å². The Balaban J connectivity index is 3.52. The summed E-state index contributed by atoms with van der Waals surface area (Å²) in [5, 5.41) is 0. The average molecular weight is 439 g/mol. The van der Waals surface area contributed by atoms with Crippen molar-refractivity contribution < 1.29 is 17.9 Å². The molecule has 0 heterocycles. The zero-order valence-electron chi connectivity index (χ0n) is 7.83. The molecule has 0 fully saturated rings. The Kier molecular flexibility index (Phi) is 4.61. The molecule has 0 radical (unpaired) electrons. The zero-order valence-corrected chi connectivity index (χ0v) is 13.1. The number of benzene rings is 1. The van der Waals surface area contributed by atoms with Gasteiger partial charge in [-0.15, -0.1) is 0 Å². The normalized spacial score (nSPS) is 11.2. The van der Waals surface area contributed by atoms with Crippen molar-refractivity contribution in [1.29, 1.82) is 0 Å². The van der Waals surface area contributed by atoms with Crippen molar-refractivity contribution >= 4 is 64.2 Å². The molecule has 0 saturated heterocycles. The summed E-state index contributed by atoms with van der Waals surface area (Å²) in [4.78, 5) is 11.2. The summed E-state index contributed by atoms with van der Waals surface area (Å²) < 4.78 is 27.9. The number of hydrogen-bond donors (Lipinski definition) is 0. The number of methoxy groups -OCH3 is 1. The number of rotatable bonds is 2. The van der Waals surface area contributed by atoms with Crippen LogP contribution in [0.4, 0.5) is 0 Å². The number of halogens is 3. The van der Waals surface area contributed by atoms with E-state index in [-0.39, 0.29) is 10.5 Å². The molecule has 0 aliphatic carbocycles. The first kappa shape index (κ1) is 14.2. The molecule has 1 aromatic rings. The van der Waals surface area contributed by atoms with Crippen LogP contribution < -0.4 is 0 Å². The van der Waals surface area contributed by atoms with Gasteiger partial charge < -0.3 is 4.74 Å². The van der Waals surface area contributed by atoms with E-state index < -0.39 is 15.0 Å². The fourth-order valence-corrected chi connectivity index (χ4v) is 4.10. The summed E-state index contributed by atoms with van der Waals surface area (Å²) in [5.74, 6) is -0.626. The second-order valence-electron chi connectivity index (χ2n) is 2.70. The number of ether oxygens (including phenoxy) is 1. The predicted octanol–water partition coefficient (Wildman–Crippen LogP) is 2.77. The van der Waals surface area contributed by atoms with E-state index in [1.54, 1.807) is 0 Å². The Hall–Kier alpha value is 0.140. The molecule has 8 heteroatoms. The lowest BCUT2D eigenvalue weighted by molar-refractivity contribution is 0.0600. The summed E-state index contributed by atoms with van der Waals surface area (Å²) >= 11 is 4.97. The van der Waals surface area contributed by atoms with Crippen LogP contribution in [-0.4, -0.2) is 21.5 Å². The lowest BCUT2D eigenvalue weighted by atomic mass is 10.2. The van der Waals surface area contributed by atoms with E-state index in [0.717, 1.165) is 0 Å². The Labute approximate surface area is 119 Å². The minimum atomic E-state index is -3.89. The molecule has 1 aromatic carbocycles. The van der Waals surface area contributed by atoms with Crippen molar-refractivity contribution in [3.05, 3.63) is 25.7 Å². The van der Waals surface area contributed by atoms with Gasteiger partial charge in [0.15, 0.2) is 0 Å². The third kappa shape index (κ3) is 3.08. The highest BCUT2D eigenvalue weighted by atomic mass is 127. The number of carbonyl (C=O) groups excluding carboxylic acids is 1. The Bertz CT molecular complexity index is 543. The first-order valence-electron chi connectivity index (χ1n) is 3.79. The standard InChI is InChI=1S/C8H5BrClIO4S/c1-15-8(12)4-2-5(9)7(11)6(3-4)16(10,13)14/h2-3H,1H3. The van der Waals surface area contributed by atoms with Gasteiger partial charge in [0, 0.05) is 18.7 Å². The minimum absolute atomic E-state index is 0.119. The lowest BCUT2D eigenvalue weighted by Gasteiger charge is -2.06. The van der Waals surface area contributed by atoms with Gasteiger partial charge in [-0.25, -0.2) is 13.2 Å². The van der Waals surface area contributed by atoms with Crippen LogP contribution in [0.2, 0.25) is 0 Å². The summed E-state index contributed by atoms with van der Waals surface area (Å²) in [7, 11) is 2.57. The maximum Gasteiger partial charge on any atom is 0.337 e. The van der Waals surface area contributed by atoms with Gasteiger partial charge in [-0.2, -0.15) is 0 Å². The number of carbonyl (C=O) groups is 1. The highest BCUT2D eigenvalue weighted by Gasteiger charge is 2.20. The minimum Gasteiger partial charge on any atom is -0.465 e. The fraction of sp³-hybridized carbons (Fsp3) is 0.125. The molecule has 4 nitrogen and oxygen atoms in total. The van der Waals surface area contributed by atoms with Crippen LogP contribution in [0, 0.1) is 3.57 Å². The van der Waals surface area contributed by atoms with E-state index >= 15 is 0 Å². The van der Waals surface area contributed by atoms with Crippen LogP contribution in [0.3, 0.4) is 0 Å². The number of hydrogen-bond acceptors (Lipinski definition) is 4. The van der Waals surface area contributed by atoms with E-state index in [9.17, 15) is 13.2 Å². The van der Waals surface area contributed by atoms with E-state index in [2.05, 4.69) is 20.7 Å². The molecule has 0 unspecified atom stereocenters. The largest absolute Gasteiger partial charge is 0.465 e. The molecule has 0 aliphatic heterocycles. The van der Waals surface area contributed by atoms with Gasteiger partial charge >= 0.3 is 5.97 Å². The van der Waals surface area contributed by atoms with Gasteiger partial charge in [0.05, 0.1) is 17.6 Å². The van der Waals surface area contributed by atoms with Crippen molar-refractivity contribution in [1.82, 2.24) is 0 Å². The molecule has 16 heavy (non-hydrogen) atoms. The van der Waals surface area contributed by atoms with Crippen LogP contribution in [0.15, 0.2) is 21.5 Å². The van der Waals surface area contributed by atoms with Crippen LogP contribution in [0.5, 0.6) is 0 Å². The molecule has 0 atom stereocenters. The Morgan fingerprint density at radius 2 is 2.06 bits per heavy atom. The molecule has 88 valence electrons. The average Bonchev–Trinajstić information content (AvgIpc) is 2.18. The molecule has 0 aromatic heterocycles. The quantitative estimate of drug-likeness (QED) is 0.404. The highest BCUT2D eigenvalue weighted by molar-refractivity contribution is 14.1. The van der Waals surface area contributed by atoms with E-state index in [4.69, 9.17) is 10.7 Å². The van der Waals surface area contributed by atoms with Crippen molar-refractivity contribution in [3.63, 3.8) is 0 Å². The molecule has 0 saturated carbocycles. The summed E-state index contributed by atoms with van der Waals surface area (Å²) in [6, 6.07) is 2.65. The maximum absolute atomic E-state index is 11.3. The molecule has 1 rings (SSSR count). The molecular weight excluding hydrogens is 434 g/mol. The van der Waals surface area contributed by atoms with Crippen molar-refractivity contribution in [2.24, 2.45) is 0 Å². The van der Waals surface area contributed by atoms with Gasteiger partial charge in [0.2, 0.25) is 0 Å². The van der Waals surface area contributed by atoms with Crippen LogP contribution in [0.25, 0.3) is 0 Å². The Morgan fingerprint density at radius 1 is 1.50 bits per heavy atom. The van der Waals surface area contributed by atoms with Gasteiger partial charge in [-0.3, -0.25) is 0 Å². The predicted molar refractivity (Wildman–Crippen MR) is 71.2 cm³/mol. The third-order valence-corrected chi connectivity index (χ3v) is 5.92. The SMILES string of the molecule is COC(=O)c1cc(Br)c(I)c(S(=O)(=O)Cl)c1. The maximum atomic E-state index is 11.3. The van der Waals surface area contributed by atoms with E-state index in [1.165, 1.54) is 19.2 Å². The van der Waals surface area contributed by atoms with Crippen molar-refractivity contribution in [2.75, 3.05) is 7.11 Å². The first-order chi connectivity index (χ1) is 7.27. The van der Waals surface area contributed by atoms with E-state index in [1.807, 2.05) is 22.6 Å². The first-order valence-corrected chi connectivity index (χ1v) is 7.97. The number of esters is 1. The van der Waals surface area contributed by atoms with E-state index in [0.29, 0.717) is 8.04 Å². The summed E-state index contributed by atoms with van der Waals surface area (Å²) in [5.41, 5.74) is 0.119. The molecule has 0 bridgehead atoms. The van der Waals surface area contributed by atoms with Crippen LogP contribution in [-0.2, 0) is 13.8 Å².